The van der Waals surface area contributed by atoms with Crippen LogP contribution >= 0.6 is 34.8 Å². The predicted molar refractivity (Wildman–Crippen MR) is 80.6 cm³/mol. The molecule has 0 aromatic rings. The molecule has 0 N–H and O–H groups in total. The van der Waals surface area contributed by atoms with Crippen LogP contribution in [0.1, 0.15) is 65.2 Å². The van der Waals surface area contributed by atoms with Gasteiger partial charge in [-0.15, -0.1) is 0 Å². The summed E-state index contributed by atoms with van der Waals surface area (Å²) in [6, 6.07) is 0. The second-order valence-corrected chi connectivity index (χ2v) is 6.52. The van der Waals surface area contributed by atoms with E-state index < -0.39 is 8.84 Å². The summed E-state index contributed by atoms with van der Waals surface area (Å²) in [6.07, 6.45) is 9.84. The molecule has 19 heavy (non-hydrogen) atoms. The molecular weight excluding hydrogens is 312 g/mol. The molecule has 0 saturated heterocycles. The van der Waals surface area contributed by atoms with E-state index in [9.17, 15) is 14.9 Å². The Morgan fingerprint density at radius 2 is 1.42 bits per heavy atom. The SMILES string of the molecule is CCCCCCCCCC(C)=O.O=[N+]([O-])C(Cl)(Cl)Cl. The van der Waals surface area contributed by atoms with Crippen LogP contribution in [-0.4, -0.2) is 14.6 Å². The molecule has 0 aliphatic rings. The summed E-state index contributed by atoms with van der Waals surface area (Å²) >= 11 is 14.1. The van der Waals surface area contributed by atoms with E-state index in [1.165, 1.54) is 38.5 Å². The molecule has 0 aromatic heterocycles. The number of rotatable bonds is 8. The summed E-state index contributed by atoms with van der Waals surface area (Å²) in [4.78, 5) is 19.0. The fourth-order valence-electron chi connectivity index (χ4n) is 1.33. The fourth-order valence-corrected chi connectivity index (χ4v) is 1.33. The van der Waals surface area contributed by atoms with Gasteiger partial charge < -0.3 is 4.79 Å². The maximum absolute atomic E-state index is 10.6. The third kappa shape index (κ3) is 20.4. The molecular formula is C12H22Cl3NO3. The number of hydrogen-bond acceptors (Lipinski definition) is 3. The number of alkyl halides is 3. The van der Waals surface area contributed by atoms with Crippen molar-refractivity contribution in [2.24, 2.45) is 0 Å². The topological polar surface area (TPSA) is 60.2 Å². The summed E-state index contributed by atoms with van der Waals surface area (Å²) in [5.41, 5.74) is 0. The lowest BCUT2D eigenvalue weighted by atomic mass is 10.1. The number of nitrogens with zero attached hydrogens (tertiary/aromatic N) is 1. The van der Waals surface area contributed by atoms with Crippen LogP contribution < -0.4 is 0 Å². The van der Waals surface area contributed by atoms with Crippen LogP contribution in [0.4, 0.5) is 0 Å². The van der Waals surface area contributed by atoms with Gasteiger partial charge in [-0.2, -0.15) is 0 Å². The molecule has 0 rings (SSSR count). The van der Waals surface area contributed by atoms with E-state index in [4.69, 9.17) is 34.8 Å². The lowest BCUT2D eigenvalue weighted by Crippen LogP contribution is -2.15. The molecule has 0 radical (unpaired) electrons. The van der Waals surface area contributed by atoms with Crippen LogP contribution in [0.25, 0.3) is 0 Å². The average Bonchev–Trinajstić information content (AvgIpc) is 2.27. The summed E-state index contributed by atoms with van der Waals surface area (Å²) in [5.74, 6) is 0.337. The standard InChI is InChI=1S/C11H22O.CCl3NO2/c1-3-4-5-6-7-8-9-10-11(2)12;2-1(3,4)5(6)7/h3-10H2,1-2H3;. The van der Waals surface area contributed by atoms with Crippen LogP contribution in [0.3, 0.4) is 0 Å². The molecule has 0 heterocycles. The van der Waals surface area contributed by atoms with Crippen molar-refractivity contribution in [1.82, 2.24) is 0 Å². The molecule has 0 aliphatic carbocycles. The van der Waals surface area contributed by atoms with Crippen molar-refractivity contribution in [3.05, 3.63) is 10.1 Å². The zero-order chi connectivity index (χ0) is 15.3. The van der Waals surface area contributed by atoms with Gasteiger partial charge in [0.2, 0.25) is 0 Å². The van der Waals surface area contributed by atoms with Gasteiger partial charge >= 0.3 is 3.92 Å². The Kier molecular flexibility index (Phi) is 14.5. The normalized spacial score (nSPS) is 10.6. The van der Waals surface area contributed by atoms with Crippen molar-refractivity contribution >= 4 is 40.6 Å². The number of carbonyl (C=O) groups excluding carboxylic acids is 1. The quantitative estimate of drug-likeness (QED) is 0.199. The minimum absolute atomic E-state index is 0.337. The second kappa shape index (κ2) is 12.9. The lowest BCUT2D eigenvalue weighted by molar-refractivity contribution is -0.491. The van der Waals surface area contributed by atoms with Crippen molar-refractivity contribution in [2.45, 2.75) is 69.1 Å². The Morgan fingerprint density at radius 1 is 1.05 bits per heavy atom. The van der Waals surface area contributed by atoms with E-state index in [2.05, 4.69) is 6.92 Å². The minimum Gasteiger partial charge on any atom is -0.300 e. The smallest absolute Gasteiger partial charge is 0.300 e. The minimum atomic E-state index is -2.36. The maximum Gasteiger partial charge on any atom is 0.449 e. The van der Waals surface area contributed by atoms with Crippen LogP contribution in [0.2, 0.25) is 0 Å². The van der Waals surface area contributed by atoms with E-state index in [1.54, 1.807) is 6.92 Å². The van der Waals surface area contributed by atoms with E-state index in [0.717, 1.165) is 12.8 Å². The second-order valence-electron chi connectivity index (χ2n) is 4.30. The Balaban J connectivity index is 0. The first-order valence-corrected chi connectivity index (χ1v) is 7.55. The highest BCUT2D eigenvalue weighted by atomic mass is 35.6. The zero-order valence-electron chi connectivity index (χ0n) is 11.5. The Morgan fingerprint density at radius 3 is 1.74 bits per heavy atom. The number of carbonyl (C=O) groups is 1. The van der Waals surface area contributed by atoms with Gasteiger partial charge in [0.1, 0.15) is 5.78 Å². The average molecular weight is 335 g/mol. The van der Waals surface area contributed by atoms with Gasteiger partial charge in [-0.05, 0) is 48.1 Å². The Bertz CT molecular complexity index is 255. The van der Waals surface area contributed by atoms with Crippen LogP contribution in [0.5, 0.6) is 0 Å². The first kappa shape index (κ1) is 21.2. The van der Waals surface area contributed by atoms with Gasteiger partial charge in [0.25, 0.3) is 0 Å². The van der Waals surface area contributed by atoms with E-state index in [1.807, 2.05) is 0 Å². The van der Waals surface area contributed by atoms with Gasteiger partial charge in [-0.1, -0.05) is 45.4 Å². The number of hydrogen-bond donors (Lipinski definition) is 0. The highest BCUT2D eigenvalue weighted by Crippen LogP contribution is 2.25. The van der Waals surface area contributed by atoms with E-state index in [0.29, 0.717) is 5.78 Å². The van der Waals surface area contributed by atoms with Gasteiger partial charge in [-0.25, -0.2) is 0 Å². The van der Waals surface area contributed by atoms with E-state index in [-0.39, 0.29) is 0 Å². The molecule has 0 bridgehead atoms. The summed E-state index contributed by atoms with van der Waals surface area (Å²) in [7, 11) is 0. The van der Waals surface area contributed by atoms with Gasteiger partial charge in [0, 0.05) is 6.42 Å². The number of unbranched alkanes of at least 4 members (excludes halogenated alkanes) is 6. The predicted octanol–water partition coefficient (Wildman–Crippen LogP) is 5.31. The van der Waals surface area contributed by atoms with Crippen molar-refractivity contribution in [3.63, 3.8) is 0 Å². The van der Waals surface area contributed by atoms with Crippen molar-refractivity contribution < 1.29 is 9.72 Å². The molecule has 0 aliphatic heterocycles. The third-order valence-electron chi connectivity index (χ3n) is 2.34. The van der Waals surface area contributed by atoms with E-state index >= 15 is 0 Å². The Labute approximate surface area is 129 Å². The molecule has 7 heteroatoms. The number of halogens is 3. The fraction of sp³-hybridized carbons (Fsp3) is 0.917. The molecule has 0 amide bonds. The lowest BCUT2D eigenvalue weighted by Gasteiger charge is -1.98. The highest BCUT2D eigenvalue weighted by molar-refractivity contribution is 6.65. The summed E-state index contributed by atoms with van der Waals surface area (Å²) in [6.45, 7) is 3.91. The number of ketones is 1. The number of Topliss-reactive ketones (excluding diaryl/α,β-unsaturated/α-hetero) is 1. The molecule has 0 fully saturated rings. The van der Waals surface area contributed by atoms with Gasteiger partial charge in [-0.3, -0.25) is 10.1 Å². The molecule has 0 unspecified atom stereocenters. The number of nitro groups is 1. The monoisotopic (exact) mass is 333 g/mol. The summed E-state index contributed by atoms with van der Waals surface area (Å²) in [5, 5.41) is 9.43. The first-order chi connectivity index (χ1) is 8.71. The van der Waals surface area contributed by atoms with Crippen molar-refractivity contribution in [3.8, 4) is 0 Å². The zero-order valence-corrected chi connectivity index (χ0v) is 13.7. The first-order valence-electron chi connectivity index (χ1n) is 6.42. The van der Waals surface area contributed by atoms with Crippen LogP contribution in [-0.2, 0) is 4.79 Å². The van der Waals surface area contributed by atoms with Crippen LogP contribution in [0.15, 0.2) is 0 Å². The van der Waals surface area contributed by atoms with Gasteiger partial charge in [0.05, 0.1) is 4.92 Å². The highest BCUT2D eigenvalue weighted by Gasteiger charge is 2.33. The van der Waals surface area contributed by atoms with Crippen molar-refractivity contribution in [1.29, 1.82) is 0 Å². The third-order valence-corrected chi connectivity index (χ3v) is 2.75. The molecule has 114 valence electrons. The summed E-state index contributed by atoms with van der Waals surface area (Å²) < 4.78 is -2.36. The van der Waals surface area contributed by atoms with Crippen molar-refractivity contribution in [2.75, 3.05) is 0 Å². The van der Waals surface area contributed by atoms with Gasteiger partial charge in [0.15, 0.2) is 0 Å². The Hall–Kier alpha value is -0.0600. The van der Waals surface area contributed by atoms with Crippen LogP contribution in [0, 0.1) is 10.1 Å². The largest absolute Gasteiger partial charge is 0.449 e. The molecule has 0 atom stereocenters. The molecule has 4 nitrogen and oxygen atoms in total. The molecule has 0 saturated carbocycles. The molecule has 0 spiro atoms. The molecule has 0 aromatic carbocycles. The maximum atomic E-state index is 10.6.